The second-order valence-electron chi connectivity index (χ2n) is 7.98. The van der Waals surface area contributed by atoms with E-state index in [1.807, 2.05) is 13.0 Å². The summed E-state index contributed by atoms with van der Waals surface area (Å²) in [6.45, 7) is 6.33. The molecule has 1 aliphatic carbocycles. The minimum Gasteiger partial charge on any atom is -0.478 e. The van der Waals surface area contributed by atoms with Crippen LogP contribution < -0.4 is 9.64 Å². The molecule has 0 spiro atoms. The Hall–Kier alpha value is -2.46. The number of hydrogen-bond acceptors (Lipinski definition) is 7. The smallest absolute Gasteiger partial charge is 0.225 e. The minimum atomic E-state index is 0.350. The molecule has 7 nitrogen and oxygen atoms in total. The van der Waals surface area contributed by atoms with Gasteiger partial charge in [0.25, 0.3) is 0 Å². The maximum absolute atomic E-state index is 8.99. The molecule has 29 heavy (non-hydrogen) atoms. The molecule has 0 amide bonds. The topological polar surface area (TPSA) is 87.8 Å². The number of nitrogens with zero attached hydrogens (tertiary/aromatic N) is 6. The Bertz CT molecular complexity index is 922. The first kappa shape index (κ1) is 19.8. The van der Waals surface area contributed by atoms with E-state index in [1.54, 1.807) is 19.2 Å². The van der Waals surface area contributed by atoms with Gasteiger partial charge in [-0.25, -0.2) is 15.0 Å². The summed E-state index contributed by atoms with van der Waals surface area (Å²) in [5.74, 6) is 4.17. The van der Waals surface area contributed by atoms with Gasteiger partial charge in [-0.15, -0.1) is 0 Å². The molecule has 0 bridgehead atoms. The van der Waals surface area contributed by atoms with Crippen LogP contribution in [-0.2, 0) is 0 Å². The van der Waals surface area contributed by atoms with Gasteiger partial charge in [-0.1, -0.05) is 11.6 Å². The zero-order chi connectivity index (χ0) is 20.4. The number of ether oxygens (including phenoxy) is 1. The molecular formula is C21H25ClN6O. The van der Waals surface area contributed by atoms with Crippen LogP contribution in [0.1, 0.15) is 42.9 Å². The van der Waals surface area contributed by atoms with Gasteiger partial charge in [0.15, 0.2) is 0 Å². The van der Waals surface area contributed by atoms with E-state index in [1.165, 1.54) is 19.3 Å². The van der Waals surface area contributed by atoms with Gasteiger partial charge in [0.1, 0.15) is 17.6 Å². The summed E-state index contributed by atoms with van der Waals surface area (Å²) in [5.41, 5.74) is 1.19. The summed E-state index contributed by atoms with van der Waals surface area (Å²) in [6.07, 6.45) is 6.39. The lowest BCUT2D eigenvalue weighted by Gasteiger charge is -2.32. The summed E-state index contributed by atoms with van der Waals surface area (Å²) in [4.78, 5) is 19.5. The lowest BCUT2D eigenvalue weighted by Crippen LogP contribution is -2.35. The van der Waals surface area contributed by atoms with Gasteiger partial charge < -0.3 is 9.64 Å². The minimum absolute atomic E-state index is 0.350. The number of halogens is 1. The van der Waals surface area contributed by atoms with Crippen molar-refractivity contribution in [1.82, 2.24) is 19.9 Å². The number of aromatic nitrogens is 4. The van der Waals surface area contributed by atoms with Crippen LogP contribution in [0, 0.1) is 42.9 Å². The van der Waals surface area contributed by atoms with Crippen molar-refractivity contribution in [2.24, 2.45) is 17.8 Å². The molecule has 152 valence electrons. The van der Waals surface area contributed by atoms with Crippen LogP contribution >= 0.6 is 11.6 Å². The first-order chi connectivity index (χ1) is 14.0. The third-order valence-corrected chi connectivity index (χ3v) is 6.35. The van der Waals surface area contributed by atoms with Crippen molar-refractivity contribution < 1.29 is 4.74 Å². The Labute approximate surface area is 176 Å². The Balaban J connectivity index is 1.21. The summed E-state index contributed by atoms with van der Waals surface area (Å²) >= 11 is 6.04. The SMILES string of the molecule is Cc1nc(C#N)cc(OCC[C@@H]2C[C@@H]2C2CCN(c3ncc(Cl)c(C)n3)CC2)n1. The monoisotopic (exact) mass is 412 g/mol. The summed E-state index contributed by atoms with van der Waals surface area (Å²) in [5, 5.41) is 9.61. The molecule has 0 unspecified atom stereocenters. The fraction of sp³-hybridized carbons (Fsp3) is 0.571. The molecule has 0 radical (unpaired) electrons. The quantitative estimate of drug-likeness (QED) is 0.714. The molecule has 2 aromatic rings. The Morgan fingerprint density at radius 2 is 2.03 bits per heavy atom. The fourth-order valence-corrected chi connectivity index (χ4v) is 4.38. The molecule has 0 aromatic carbocycles. The first-order valence-electron chi connectivity index (χ1n) is 10.2. The van der Waals surface area contributed by atoms with Gasteiger partial charge in [0.05, 0.1) is 23.5 Å². The molecule has 1 aliphatic heterocycles. The maximum atomic E-state index is 8.99. The number of anilines is 1. The highest BCUT2D eigenvalue weighted by molar-refractivity contribution is 6.31. The van der Waals surface area contributed by atoms with E-state index < -0.39 is 0 Å². The second-order valence-corrected chi connectivity index (χ2v) is 8.38. The molecule has 2 fully saturated rings. The molecule has 0 N–H and O–H groups in total. The Morgan fingerprint density at radius 3 is 2.76 bits per heavy atom. The molecule has 2 aliphatic rings. The van der Waals surface area contributed by atoms with Crippen molar-refractivity contribution in [3.8, 4) is 11.9 Å². The van der Waals surface area contributed by atoms with E-state index in [0.29, 0.717) is 29.0 Å². The standard InChI is InChI=1S/C21H25ClN6O/c1-13-19(22)12-24-21(25-13)28-6-3-15(4-7-28)18-9-16(18)5-8-29-20-10-17(11-23)26-14(2)27-20/h10,12,15-16,18H,3-9H2,1-2H3/t16-,18-/m1/s1. The van der Waals surface area contributed by atoms with E-state index in [2.05, 4.69) is 24.8 Å². The van der Waals surface area contributed by atoms with Crippen molar-refractivity contribution in [2.75, 3.05) is 24.6 Å². The average molecular weight is 413 g/mol. The van der Waals surface area contributed by atoms with Crippen LogP contribution in [0.5, 0.6) is 5.88 Å². The number of hydrogen-bond donors (Lipinski definition) is 0. The maximum Gasteiger partial charge on any atom is 0.225 e. The second kappa shape index (κ2) is 8.50. The van der Waals surface area contributed by atoms with E-state index in [-0.39, 0.29) is 0 Å². The summed E-state index contributed by atoms with van der Waals surface area (Å²) in [7, 11) is 0. The number of piperidine rings is 1. The number of rotatable bonds is 6. The van der Waals surface area contributed by atoms with E-state index >= 15 is 0 Å². The van der Waals surface area contributed by atoms with Gasteiger partial charge in [-0.05, 0) is 57.3 Å². The molecule has 2 aromatic heterocycles. The third kappa shape index (κ3) is 4.76. The highest BCUT2D eigenvalue weighted by atomic mass is 35.5. The molecular weight excluding hydrogens is 388 g/mol. The van der Waals surface area contributed by atoms with Crippen molar-refractivity contribution in [3.63, 3.8) is 0 Å². The summed E-state index contributed by atoms with van der Waals surface area (Å²) in [6, 6.07) is 3.65. The van der Waals surface area contributed by atoms with Gasteiger partial charge in [-0.2, -0.15) is 10.2 Å². The van der Waals surface area contributed by atoms with Crippen LogP contribution in [0.4, 0.5) is 5.95 Å². The predicted molar refractivity (Wildman–Crippen MR) is 110 cm³/mol. The average Bonchev–Trinajstić information content (AvgIpc) is 3.49. The van der Waals surface area contributed by atoms with Crippen molar-refractivity contribution in [2.45, 2.75) is 39.5 Å². The third-order valence-electron chi connectivity index (χ3n) is 5.98. The molecule has 2 atom stereocenters. The van der Waals surface area contributed by atoms with E-state index in [9.17, 15) is 0 Å². The molecule has 1 saturated carbocycles. The van der Waals surface area contributed by atoms with Gasteiger partial charge >= 0.3 is 0 Å². The summed E-state index contributed by atoms with van der Waals surface area (Å²) < 4.78 is 5.77. The number of aryl methyl sites for hydroxylation is 2. The zero-order valence-corrected chi connectivity index (χ0v) is 17.6. The van der Waals surface area contributed by atoms with Crippen molar-refractivity contribution in [3.05, 3.63) is 34.5 Å². The van der Waals surface area contributed by atoms with Crippen LogP contribution in [0.15, 0.2) is 12.3 Å². The zero-order valence-electron chi connectivity index (χ0n) is 16.8. The normalized spacial score (nSPS) is 21.7. The van der Waals surface area contributed by atoms with E-state index in [0.717, 1.165) is 48.9 Å². The van der Waals surface area contributed by atoms with Crippen LogP contribution in [0.2, 0.25) is 5.02 Å². The molecule has 1 saturated heterocycles. The Morgan fingerprint density at radius 1 is 1.24 bits per heavy atom. The van der Waals surface area contributed by atoms with Crippen LogP contribution in [0.3, 0.4) is 0 Å². The van der Waals surface area contributed by atoms with Gasteiger partial charge in [0, 0.05) is 19.2 Å². The predicted octanol–water partition coefficient (Wildman–Crippen LogP) is 3.73. The molecule has 4 rings (SSSR count). The lowest BCUT2D eigenvalue weighted by atomic mass is 9.90. The lowest BCUT2D eigenvalue weighted by molar-refractivity contribution is 0.275. The van der Waals surface area contributed by atoms with Crippen molar-refractivity contribution in [1.29, 1.82) is 5.26 Å². The molecule has 8 heteroatoms. The van der Waals surface area contributed by atoms with Crippen molar-refractivity contribution >= 4 is 17.5 Å². The molecule has 3 heterocycles. The van der Waals surface area contributed by atoms with E-state index in [4.69, 9.17) is 21.6 Å². The number of nitriles is 1. The largest absolute Gasteiger partial charge is 0.478 e. The Kier molecular flexibility index (Phi) is 5.81. The first-order valence-corrected chi connectivity index (χ1v) is 10.5. The van der Waals surface area contributed by atoms with Gasteiger partial charge in [0.2, 0.25) is 11.8 Å². The van der Waals surface area contributed by atoms with Crippen LogP contribution in [0.25, 0.3) is 0 Å². The van der Waals surface area contributed by atoms with Gasteiger partial charge in [-0.3, -0.25) is 0 Å². The fourth-order valence-electron chi connectivity index (χ4n) is 4.29. The highest BCUT2D eigenvalue weighted by Crippen LogP contribution is 2.49. The highest BCUT2D eigenvalue weighted by Gasteiger charge is 2.43. The van der Waals surface area contributed by atoms with Crippen LogP contribution in [-0.4, -0.2) is 39.6 Å².